The Kier molecular flexibility index (Phi) is 7.00. The summed E-state index contributed by atoms with van der Waals surface area (Å²) in [6.07, 6.45) is 2.22. The van der Waals surface area contributed by atoms with Crippen molar-refractivity contribution in [3.8, 4) is 0 Å². The van der Waals surface area contributed by atoms with Crippen molar-refractivity contribution in [2.24, 2.45) is 21.7 Å². The molecule has 0 spiro atoms. The highest BCUT2D eigenvalue weighted by molar-refractivity contribution is 5.94. The van der Waals surface area contributed by atoms with Crippen LogP contribution in [0.3, 0.4) is 0 Å². The van der Waals surface area contributed by atoms with Crippen LogP contribution in [0.4, 0.5) is 23.0 Å². The summed E-state index contributed by atoms with van der Waals surface area (Å²) in [5, 5.41) is 10.8. The molecule has 0 aliphatic heterocycles. The largest absolute Gasteiger partial charge is 0.382 e. The average molecular weight is 341 g/mol. The van der Waals surface area contributed by atoms with Crippen molar-refractivity contribution < 1.29 is 4.79 Å². The van der Waals surface area contributed by atoms with Crippen LogP contribution in [0.1, 0.15) is 19.3 Å². The van der Waals surface area contributed by atoms with E-state index in [1.807, 2.05) is 30.3 Å². The third-order valence-corrected chi connectivity index (χ3v) is 3.49. The highest BCUT2D eigenvalue weighted by atomic mass is 16.2. The molecule has 8 heteroatoms. The van der Waals surface area contributed by atoms with Crippen LogP contribution in [0.5, 0.6) is 0 Å². The average Bonchev–Trinajstić information content (AvgIpc) is 2.62. The summed E-state index contributed by atoms with van der Waals surface area (Å²) in [7, 11) is 0. The van der Waals surface area contributed by atoms with Crippen LogP contribution in [0.25, 0.3) is 0 Å². The number of rotatable bonds is 8. The third-order valence-electron chi connectivity index (χ3n) is 3.49. The lowest BCUT2D eigenvalue weighted by atomic mass is 10.1. The normalized spacial score (nSPS) is 12.2. The standard InChI is InChI=1S/C17H23N7O/c18-11-5-4-8-13(19)17(25)22-15-10-9-14(16(20)21-15)24-23-12-6-2-1-3-7-12/h1-3,6-7,9-10,13H,4-5,8,11,18-19H2,(H3,20,21,22,25)/t13-/m0/s1. The van der Waals surface area contributed by atoms with Crippen LogP contribution >= 0.6 is 0 Å². The maximum Gasteiger partial charge on any atom is 0.242 e. The first-order valence-corrected chi connectivity index (χ1v) is 8.10. The van der Waals surface area contributed by atoms with E-state index >= 15 is 0 Å². The Morgan fingerprint density at radius 2 is 1.88 bits per heavy atom. The number of carbonyl (C=O) groups is 1. The van der Waals surface area contributed by atoms with E-state index in [0.29, 0.717) is 30.2 Å². The molecule has 0 aliphatic carbocycles. The van der Waals surface area contributed by atoms with Crippen LogP contribution in [0.15, 0.2) is 52.7 Å². The molecule has 0 fully saturated rings. The number of unbranched alkanes of at least 4 members (excludes halogenated alkanes) is 1. The number of nitrogen functional groups attached to an aromatic ring is 1. The van der Waals surface area contributed by atoms with Gasteiger partial charge in [-0.3, -0.25) is 4.79 Å². The van der Waals surface area contributed by atoms with E-state index in [4.69, 9.17) is 17.2 Å². The zero-order chi connectivity index (χ0) is 18.1. The highest BCUT2D eigenvalue weighted by Gasteiger charge is 2.14. The summed E-state index contributed by atoms with van der Waals surface area (Å²) >= 11 is 0. The lowest BCUT2D eigenvalue weighted by Crippen LogP contribution is -2.35. The van der Waals surface area contributed by atoms with Crippen molar-refractivity contribution in [1.82, 2.24) is 4.98 Å². The minimum Gasteiger partial charge on any atom is -0.382 e. The molecule has 8 nitrogen and oxygen atoms in total. The van der Waals surface area contributed by atoms with Gasteiger partial charge in [0.25, 0.3) is 0 Å². The number of amides is 1. The fraction of sp³-hybridized carbons (Fsp3) is 0.294. The van der Waals surface area contributed by atoms with Gasteiger partial charge < -0.3 is 22.5 Å². The summed E-state index contributed by atoms with van der Waals surface area (Å²) in [6.45, 7) is 0.589. The van der Waals surface area contributed by atoms with E-state index in [0.717, 1.165) is 12.8 Å². The van der Waals surface area contributed by atoms with Crippen LogP contribution in [-0.2, 0) is 4.79 Å². The lowest BCUT2D eigenvalue weighted by Gasteiger charge is -2.12. The summed E-state index contributed by atoms with van der Waals surface area (Å²) in [5.74, 6) is 0.201. The minimum atomic E-state index is -0.605. The van der Waals surface area contributed by atoms with Crippen LogP contribution in [0, 0.1) is 0 Å². The quantitative estimate of drug-likeness (QED) is 0.430. The predicted octanol–water partition coefficient (Wildman–Crippen LogP) is 2.47. The SMILES string of the molecule is NCCCC[C@H](N)C(=O)Nc1ccc(N=Nc2ccccc2)c(N)n1. The maximum atomic E-state index is 12.0. The molecule has 0 bridgehead atoms. The fourth-order valence-corrected chi connectivity index (χ4v) is 2.09. The molecule has 1 amide bonds. The molecule has 0 aliphatic rings. The molecule has 2 aromatic rings. The number of pyridine rings is 1. The Balaban J connectivity index is 1.97. The van der Waals surface area contributed by atoms with Gasteiger partial charge in [0.15, 0.2) is 5.82 Å². The second kappa shape index (κ2) is 9.45. The van der Waals surface area contributed by atoms with Crippen molar-refractivity contribution in [2.45, 2.75) is 25.3 Å². The number of anilines is 2. The predicted molar refractivity (Wildman–Crippen MR) is 98.8 cm³/mol. The molecule has 1 heterocycles. The van der Waals surface area contributed by atoms with Gasteiger partial charge in [0.2, 0.25) is 5.91 Å². The second-order valence-electron chi connectivity index (χ2n) is 5.52. The number of nitrogens with one attached hydrogen (secondary N) is 1. The first kappa shape index (κ1) is 18.5. The number of hydrogen-bond acceptors (Lipinski definition) is 7. The van der Waals surface area contributed by atoms with Gasteiger partial charge in [-0.1, -0.05) is 24.6 Å². The van der Waals surface area contributed by atoms with E-state index in [1.165, 1.54) is 0 Å². The van der Waals surface area contributed by atoms with Crippen LogP contribution in [-0.4, -0.2) is 23.5 Å². The van der Waals surface area contributed by atoms with E-state index in [9.17, 15) is 4.79 Å². The summed E-state index contributed by atoms with van der Waals surface area (Å²) in [5.41, 5.74) is 18.3. The van der Waals surface area contributed by atoms with Gasteiger partial charge in [-0.15, -0.1) is 5.11 Å². The molecule has 0 saturated carbocycles. The van der Waals surface area contributed by atoms with Gasteiger partial charge in [0, 0.05) is 0 Å². The molecule has 132 valence electrons. The zero-order valence-electron chi connectivity index (χ0n) is 13.9. The van der Waals surface area contributed by atoms with Crippen molar-refractivity contribution in [3.63, 3.8) is 0 Å². The Bertz CT molecular complexity index is 718. The molecule has 0 unspecified atom stereocenters. The van der Waals surface area contributed by atoms with Gasteiger partial charge in [0.1, 0.15) is 11.5 Å². The molecular formula is C17H23N7O. The van der Waals surface area contributed by atoms with Crippen molar-refractivity contribution in [2.75, 3.05) is 17.6 Å². The monoisotopic (exact) mass is 341 g/mol. The van der Waals surface area contributed by atoms with Crippen molar-refractivity contribution in [3.05, 3.63) is 42.5 Å². The zero-order valence-corrected chi connectivity index (χ0v) is 13.9. The summed E-state index contributed by atoms with van der Waals surface area (Å²) in [6, 6.07) is 11.9. The van der Waals surface area contributed by atoms with E-state index in [-0.39, 0.29) is 11.7 Å². The first-order valence-electron chi connectivity index (χ1n) is 8.10. The molecule has 0 radical (unpaired) electrons. The first-order chi connectivity index (χ1) is 12.1. The molecule has 7 N–H and O–H groups in total. The van der Waals surface area contributed by atoms with Gasteiger partial charge in [-0.05, 0) is 43.7 Å². The van der Waals surface area contributed by atoms with Gasteiger partial charge in [0.05, 0.1) is 11.7 Å². The summed E-state index contributed by atoms with van der Waals surface area (Å²) in [4.78, 5) is 16.1. The smallest absolute Gasteiger partial charge is 0.242 e. The van der Waals surface area contributed by atoms with E-state index in [2.05, 4.69) is 20.5 Å². The minimum absolute atomic E-state index is 0.175. The molecule has 25 heavy (non-hydrogen) atoms. The summed E-state index contributed by atoms with van der Waals surface area (Å²) < 4.78 is 0. The second-order valence-corrected chi connectivity index (χ2v) is 5.52. The van der Waals surface area contributed by atoms with E-state index in [1.54, 1.807) is 12.1 Å². The number of hydrogen-bond donors (Lipinski definition) is 4. The van der Waals surface area contributed by atoms with Crippen molar-refractivity contribution in [1.29, 1.82) is 0 Å². The Morgan fingerprint density at radius 3 is 2.56 bits per heavy atom. The Labute approximate surface area is 146 Å². The Hall–Kier alpha value is -2.84. The highest BCUT2D eigenvalue weighted by Crippen LogP contribution is 2.24. The number of carbonyl (C=O) groups excluding carboxylic acids is 1. The molecule has 1 atom stereocenters. The molecule has 0 saturated heterocycles. The van der Waals surface area contributed by atoms with Gasteiger partial charge in [-0.25, -0.2) is 4.98 Å². The number of aromatic nitrogens is 1. The van der Waals surface area contributed by atoms with Crippen LogP contribution < -0.4 is 22.5 Å². The molecule has 1 aromatic heterocycles. The van der Waals surface area contributed by atoms with Gasteiger partial charge >= 0.3 is 0 Å². The van der Waals surface area contributed by atoms with Crippen LogP contribution in [0.2, 0.25) is 0 Å². The third kappa shape index (κ3) is 5.94. The number of nitrogens with zero attached hydrogens (tertiary/aromatic N) is 3. The lowest BCUT2D eigenvalue weighted by molar-refractivity contribution is -0.117. The van der Waals surface area contributed by atoms with Crippen molar-refractivity contribution >= 4 is 28.9 Å². The topological polar surface area (TPSA) is 145 Å². The number of benzene rings is 1. The maximum absolute atomic E-state index is 12.0. The number of azo groups is 1. The number of nitrogens with two attached hydrogens (primary N) is 3. The van der Waals surface area contributed by atoms with Gasteiger partial charge in [-0.2, -0.15) is 5.11 Å². The molecule has 2 rings (SSSR count). The fourth-order valence-electron chi connectivity index (χ4n) is 2.09. The molecule has 1 aromatic carbocycles. The Morgan fingerprint density at radius 1 is 1.12 bits per heavy atom. The molecular weight excluding hydrogens is 318 g/mol. The van der Waals surface area contributed by atoms with E-state index < -0.39 is 6.04 Å².